The van der Waals surface area contributed by atoms with Crippen molar-refractivity contribution in [3.63, 3.8) is 0 Å². The second-order valence-corrected chi connectivity index (χ2v) is 8.59. The zero-order valence-corrected chi connectivity index (χ0v) is 19.8. The molecular weight excluding hydrogens is 434 g/mol. The van der Waals surface area contributed by atoms with E-state index in [0.29, 0.717) is 42.0 Å². The zero-order chi connectivity index (χ0) is 23.4. The summed E-state index contributed by atoms with van der Waals surface area (Å²) in [6.07, 6.45) is 1.81. The van der Waals surface area contributed by atoms with Gasteiger partial charge in [-0.2, -0.15) is 0 Å². The minimum Gasteiger partial charge on any atom is -0.333 e. The molecule has 170 valence electrons. The van der Waals surface area contributed by atoms with E-state index in [-0.39, 0.29) is 17.5 Å². The summed E-state index contributed by atoms with van der Waals surface area (Å²) in [5.41, 5.74) is 1.23. The summed E-state index contributed by atoms with van der Waals surface area (Å²) in [7, 11) is 0. The Morgan fingerprint density at radius 1 is 1.06 bits per heavy atom. The monoisotopic (exact) mass is 461 g/mol. The van der Waals surface area contributed by atoms with Crippen LogP contribution in [0, 0.1) is 0 Å². The number of amides is 1. The summed E-state index contributed by atoms with van der Waals surface area (Å²) in [5.74, 6) is 1.02. The van der Waals surface area contributed by atoms with Crippen molar-refractivity contribution in [1.82, 2.24) is 14.5 Å². The van der Waals surface area contributed by atoms with Gasteiger partial charge >= 0.3 is 0 Å². The van der Waals surface area contributed by atoms with Gasteiger partial charge in [0, 0.05) is 18.8 Å². The van der Waals surface area contributed by atoms with E-state index in [1.165, 1.54) is 0 Å². The molecule has 0 aliphatic carbocycles. The van der Waals surface area contributed by atoms with E-state index >= 15 is 0 Å². The highest BCUT2D eigenvalue weighted by atomic mass is 35.5. The molecule has 4 rings (SSSR count). The van der Waals surface area contributed by atoms with Crippen LogP contribution in [0.1, 0.15) is 45.0 Å². The maximum absolute atomic E-state index is 13.7. The number of nitrogens with zero attached hydrogens (tertiary/aromatic N) is 3. The van der Waals surface area contributed by atoms with Gasteiger partial charge in [0.15, 0.2) is 0 Å². The fraction of sp³-hybridized carbons (Fsp3) is 0.296. The molecule has 1 atom stereocenters. The first-order valence-corrected chi connectivity index (χ1v) is 11.9. The van der Waals surface area contributed by atoms with Gasteiger partial charge in [-0.15, -0.1) is 11.6 Å². The Labute approximate surface area is 198 Å². The van der Waals surface area contributed by atoms with Gasteiger partial charge in [-0.05, 0) is 54.8 Å². The predicted molar refractivity (Wildman–Crippen MR) is 135 cm³/mol. The molecular formula is C27H28ClN3O2. The van der Waals surface area contributed by atoms with Crippen molar-refractivity contribution in [2.45, 2.75) is 39.2 Å². The largest absolute Gasteiger partial charge is 0.333 e. The van der Waals surface area contributed by atoms with Crippen LogP contribution in [0.3, 0.4) is 0 Å². The zero-order valence-electron chi connectivity index (χ0n) is 19.0. The molecule has 5 nitrogen and oxygen atoms in total. The van der Waals surface area contributed by atoms with Crippen molar-refractivity contribution in [1.29, 1.82) is 0 Å². The lowest BCUT2D eigenvalue weighted by Gasteiger charge is -2.30. The van der Waals surface area contributed by atoms with Gasteiger partial charge in [-0.25, -0.2) is 4.98 Å². The molecule has 6 heteroatoms. The second kappa shape index (κ2) is 10.2. The molecule has 0 aliphatic heterocycles. The number of alkyl halides is 1. The van der Waals surface area contributed by atoms with Crippen LogP contribution in [0.4, 0.5) is 0 Å². The molecule has 0 spiro atoms. The number of carbonyl (C=O) groups excluding carboxylic acids is 1. The Morgan fingerprint density at radius 3 is 2.55 bits per heavy atom. The van der Waals surface area contributed by atoms with Crippen LogP contribution < -0.4 is 5.56 Å². The highest BCUT2D eigenvalue weighted by molar-refractivity contribution is 6.17. The fourth-order valence-electron chi connectivity index (χ4n) is 4.27. The van der Waals surface area contributed by atoms with Gasteiger partial charge < -0.3 is 4.90 Å². The average Bonchev–Trinajstić information content (AvgIpc) is 2.85. The van der Waals surface area contributed by atoms with Gasteiger partial charge in [0.2, 0.25) is 5.91 Å². The fourth-order valence-corrected chi connectivity index (χ4v) is 4.41. The highest BCUT2D eigenvalue weighted by Crippen LogP contribution is 2.26. The second-order valence-electron chi connectivity index (χ2n) is 8.21. The normalized spacial score (nSPS) is 12.2. The lowest BCUT2D eigenvalue weighted by atomic mass is 10.1. The van der Waals surface area contributed by atoms with E-state index < -0.39 is 0 Å². The first-order valence-electron chi connectivity index (χ1n) is 11.4. The van der Waals surface area contributed by atoms with E-state index in [9.17, 15) is 9.59 Å². The number of carbonyl (C=O) groups is 1. The molecule has 0 radical (unpaired) electrons. The van der Waals surface area contributed by atoms with E-state index in [1.807, 2.05) is 79.4 Å². The lowest BCUT2D eigenvalue weighted by Crippen LogP contribution is -2.38. The molecule has 3 aromatic carbocycles. The maximum Gasteiger partial charge on any atom is 0.266 e. The predicted octanol–water partition coefficient (Wildman–Crippen LogP) is 5.86. The molecule has 1 aromatic heterocycles. The topological polar surface area (TPSA) is 55.2 Å². The summed E-state index contributed by atoms with van der Waals surface area (Å²) in [6, 6.07) is 21.0. The number of hydrogen-bond acceptors (Lipinski definition) is 3. The summed E-state index contributed by atoms with van der Waals surface area (Å²) < 4.78 is 1.66. The third-order valence-corrected chi connectivity index (χ3v) is 6.21. The lowest BCUT2D eigenvalue weighted by molar-refractivity contribution is -0.133. The number of halogens is 1. The van der Waals surface area contributed by atoms with Crippen LogP contribution in [-0.2, 0) is 4.79 Å². The highest BCUT2D eigenvalue weighted by Gasteiger charge is 2.26. The Kier molecular flexibility index (Phi) is 7.09. The molecule has 4 aromatic rings. The Hall–Kier alpha value is -3.18. The number of rotatable bonds is 8. The van der Waals surface area contributed by atoms with Crippen molar-refractivity contribution in [2.24, 2.45) is 0 Å². The first-order chi connectivity index (χ1) is 16.0. The van der Waals surface area contributed by atoms with E-state index in [4.69, 9.17) is 16.6 Å². The number of aromatic nitrogens is 2. The minimum absolute atomic E-state index is 0.0254. The molecule has 1 amide bonds. The third kappa shape index (κ3) is 4.64. The average molecular weight is 462 g/mol. The van der Waals surface area contributed by atoms with Gasteiger partial charge in [-0.1, -0.05) is 49.4 Å². The van der Waals surface area contributed by atoms with Crippen molar-refractivity contribution < 1.29 is 4.79 Å². The molecule has 0 N–H and O–H groups in total. The molecule has 1 unspecified atom stereocenters. The first kappa shape index (κ1) is 23.0. The molecule has 0 saturated heterocycles. The summed E-state index contributed by atoms with van der Waals surface area (Å²) >= 11 is 5.83. The standard InChI is InChI=1S/C27H28ClN3O2/c1-3-17-30(25(32)13-8-16-28)19(2)26-29-24-12-7-6-11-23(24)27(33)31(26)22-15-14-20-9-4-5-10-21(20)18-22/h4-7,9-12,14-15,18-19H,3,8,13,16-17H2,1-2H3. The van der Waals surface area contributed by atoms with Crippen LogP contribution >= 0.6 is 11.6 Å². The minimum atomic E-state index is -0.378. The van der Waals surface area contributed by atoms with Gasteiger partial charge in [0.1, 0.15) is 5.82 Å². The van der Waals surface area contributed by atoms with E-state index in [2.05, 4.69) is 0 Å². The van der Waals surface area contributed by atoms with Gasteiger partial charge in [0.05, 0.1) is 22.6 Å². The Morgan fingerprint density at radius 2 is 1.79 bits per heavy atom. The molecule has 0 aliphatic rings. The van der Waals surface area contributed by atoms with Crippen molar-refractivity contribution >= 4 is 39.2 Å². The molecule has 33 heavy (non-hydrogen) atoms. The van der Waals surface area contributed by atoms with Gasteiger partial charge in [-0.3, -0.25) is 14.2 Å². The van der Waals surface area contributed by atoms with Crippen LogP contribution in [0.25, 0.3) is 27.4 Å². The van der Waals surface area contributed by atoms with Crippen LogP contribution in [0.5, 0.6) is 0 Å². The number of hydrogen-bond donors (Lipinski definition) is 0. The Bertz CT molecular complexity index is 1350. The smallest absolute Gasteiger partial charge is 0.266 e. The number of fused-ring (bicyclic) bond motifs is 2. The molecule has 0 bridgehead atoms. The third-order valence-electron chi connectivity index (χ3n) is 5.94. The van der Waals surface area contributed by atoms with E-state index in [1.54, 1.807) is 10.6 Å². The van der Waals surface area contributed by atoms with Crippen LogP contribution in [-0.4, -0.2) is 32.8 Å². The maximum atomic E-state index is 13.7. The van der Waals surface area contributed by atoms with Crippen molar-refractivity contribution in [3.8, 4) is 5.69 Å². The van der Waals surface area contributed by atoms with Crippen molar-refractivity contribution in [2.75, 3.05) is 12.4 Å². The van der Waals surface area contributed by atoms with Crippen LogP contribution in [0.2, 0.25) is 0 Å². The number of benzene rings is 3. The summed E-state index contributed by atoms with van der Waals surface area (Å²) in [6.45, 7) is 4.57. The SMILES string of the molecule is CCCN(C(=O)CCCCl)C(C)c1nc2ccccc2c(=O)n1-c1ccc2ccccc2c1. The quantitative estimate of drug-likeness (QED) is 0.309. The van der Waals surface area contributed by atoms with Crippen LogP contribution in [0.15, 0.2) is 71.5 Å². The molecule has 1 heterocycles. The van der Waals surface area contributed by atoms with E-state index in [0.717, 1.165) is 22.9 Å². The number of para-hydroxylation sites is 1. The van der Waals surface area contributed by atoms with Crippen molar-refractivity contribution in [3.05, 3.63) is 82.9 Å². The molecule has 0 saturated carbocycles. The molecule has 0 fully saturated rings. The summed E-state index contributed by atoms with van der Waals surface area (Å²) in [4.78, 5) is 33.5. The Balaban J connectivity index is 1.92. The van der Waals surface area contributed by atoms with Gasteiger partial charge in [0.25, 0.3) is 5.56 Å². The summed E-state index contributed by atoms with van der Waals surface area (Å²) in [5, 5.41) is 2.69.